The SMILES string of the molecule is CCC(C=C[C@@H](O)[C@@H]1OC(=O)[C@H](OC)[C@@H]1O)CC. The number of carbonyl (C=O) groups is 1. The molecule has 5 heteroatoms. The van der Waals surface area contributed by atoms with Crippen LogP contribution in [0.2, 0.25) is 0 Å². The van der Waals surface area contributed by atoms with Gasteiger partial charge in [-0.2, -0.15) is 0 Å². The highest BCUT2D eigenvalue weighted by Gasteiger charge is 2.46. The van der Waals surface area contributed by atoms with Crippen molar-refractivity contribution >= 4 is 5.97 Å². The van der Waals surface area contributed by atoms with Crippen LogP contribution in [0.25, 0.3) is 0 Å². The van der Waals surface area contributed by atoms with E-state index in [0.717, 1.165) is 12.8 Å². The Morgan fingerprint density at radius 1 is 1.39 bits per heavy atom. The summed E-state index contributed by atoms with van der Waals surface area (Å²) in [6.45, 7) is 4.13. The van der Waals surface area contributed by atoms with Crippen LogP contribution in [0.4, 0.5) is 0 Å². The molecule has 0 saturated carbocycles. The molecule has 0 aromatic rings. The maximum atomic E-state index is 11.3. The first-order valence-electron chi connectivity index (χ1n) is 6.32. The van der Waals surface area contributed by atoms with Crippen LogP contribution in [0.1, 0.15) is 26.7 Å². The van der Waals surface area contributed by atoms with Crippen LogP contribution in [0, 0.1) is 5.92 Å². The van der Waals surface area contributed by atoms with Crippen molar-refractivity contribution in [3.8, 4) is 0 Å². The summed E-state index contributed by atoms with van der Waals surface area (Å²) in [7, 11) is 1.32. The third kappa shape index (κ3) is 3.31. The van der Waals surface area contributed by atoms with E-state index in [1.165, 1.54) is 7.11 Å². The van der Waals surface area contributed by atoms with Crippen LogP contribution < -0.4 is 0 Å². The van der Waals surface area contributed by atoms with Crippen molar-refractivity contribution in [1.82, 2.24) is 0 Å². The summed E-state index contributed by atoms with van der Waals surface area (Å²) in [5.41, 5.74) is 0. The van der Waals surface area contributed by atoms with E-state index in [4.69, 9.17) is 9.47 Å². The lowest BCUT2D eigenvalue weighted by molar-refractivity contribution is -0.150. The van der Waals surface area contributed by atoms with Crippen LogP contribution in [-0.4, -0.2) is 47.7 Å². The van der Waals surface area contributed by atoms with Crippen molar-refractivity contribution in [2.45, 2.75) is 51.1 Å². The van der Waals surface area contributed by atoms with Gasteiger partial charge in [-0.25, -0.2) is 4.79 Å². The molecule has 1 aliphatic heterocycles. The molecule has 0 bridgehead atoms. The quantitative estimate of drug-likeness (QED) is 0.540. The number of rotatable bonds is 6. The second kappa shape index (κ2) is 6.87. The van der Waals surface area contributed by atoms with Gasteiger partial charge in [0.1, 0.15) is 12.2 Å². The van der Waals surface area contributed by atoms with Crippen molar-refractivity contribution in [3.05, 3.63) is 12.2 Å². The number of carbonyl (C=O) groups excluding carboxylic acids is 1. The summed E-state index contributed by atoms with van der Waals surface area (Å²) in [6.07, 6.45) is 1.33. The molecule has 0 aromatic heterocycles. The van der Waals surface area contributed by atoms with Gasteiger partial charge in [-0.3, -0.25) is 0 Å². The number of allylic oxidation sites excluding steroid dienone is 1. The number of methoxy groups -OCH3 is 1. The van der Waals surface area contributed by atoms with Crippen LogP contribution >= 0.6 is 0 Å². The molecule has 18 heavy (non-hydrogen) atoms. The van der Waals surface area contributed by atoms with E-state index < -0.39 is 30.4 Å². The number of aliphatic hydroxyl groups is 2. The fourth-order valence-electron chi connectivity index (χ4n) is 2.03. The lowest BCUT2D eigenvalue weighted by atomic mass is 10.00. The molecule has 1 rings (SSSR count). The number of aliphatic hydroxyl groups excluding tert-OH is 2. The summed E-state index contributed by atoms with van der Waals surface area (Å²) >= 11 is 0. The van der Waals surface area contributed by atoms with E-state index in [0.29, 0.717) is 5.92 Å². The second-order valence-corrected chi connectivity index (χ2v) is 4.50. The lowest BCUT2D eigenvalue weighted by Crippen LogP contribution is -2.38. The van der Waals surface area contributed by atoms with Gasteiger partial charge in [0.05, 0.1) is 0 Å². The van der Waals surface area contributed by atoms with Crippen LogP contribution in [0.5, 0.6) is 0 Å². The van der Waals surface area contributed by atoms with Crippen LogP contribution in [0.3, 0.4) is 0 Å². The van der Waals surface area contributed by atoms with E-state index >= 15 is 0 Å². The normalized spacial score (nSPS) is 30.1. The fraction of sp³-hybridized carbons (Fsp3) is 0.769. The first-order valence-corrected chi connectivity index (χ1v) is 6.32. The van der Waals surface area contributed by atoms with Gasteiger partial charge < -0.3 is 19.7 Å². The van der Waals surface area contributed by atoms with Gasteiger partial charge in [0.2, 0.25) is 0 Å². The topological polar surface area (TPSA) is 76.0 Å². The van der Waals surface area contributed by atoms with Crippen molar-refractivity contribution in [2.24, 2.45) is 5.92 Å². The molecular formula is C13H22O5. The Balaban J connectivity index is 2.62. The van der Waals surface area contributed by atoms with Crippen molar-refractivity contribution in [1.29, 1.82) is 0 Å². The third-order valence-corrected chi connectivity index (χ3v) is 3.35. The largest absolute Gasteiger partial charge is 0.454 e. The highest BCUT2D eigenvalue weighted by molar-refractivity contribution is 5.78. The molecule has 0 aliphatic carbocycles. The predicted octanol–water partition coefficient (Wildman–Crippen LogP) is 0.641. The number of cyclic esters (lactones) is 1. The van der Waals surface area contributed by atoms with Crippen LogP contribution in [-0.2, 0) is 14.3 Å². The monoisotopic (exact) mass is 258 g/mol. The van der Waals surface area contributed by atoms with Gasteiger partial charge in [0.25, 0.3) is 0 Å². The Morgan fingerprint density at radius 2 is 2.00 bits per heavy atom. The Morgan fingerprint density at radius 3 is 2.44 bits per heavy atom. The van der Waals surface area contributed by atoms with Crippen molar-refractivity contribution in [2.75, 3.05) is 7.11 Å². The third-order valence-electron chi connectivity index (χ3n) is 3.35. The zero-order chi connectivity index (χ0) is 13.7. The average molecular weight is 258 g/mol. The van der Waals surface area contributed by atoms with Crippen LogP contribution in [0.15, 0.2) is 12.2 Å². The molecule has 1 aliphatic rings. The van der Waals surface area contributed by atoms with Gasteiger partial charge in [-0.1, -0.05) is 26.0 Å². The highest BCUT2D eigenvalue weighted by Crippen LogP contribution is 2.22. The molecule has 0 spiro atoms. The van der Waals surface area contributed by atoms with E-state index in [2.05, 4.69) is 13.8 Å². The van der Waals surface area contributed by atoms with E-state index in [9.17, 15) is 15.0 Å². The van der Waals surface area contributed by atoms with Crippen molar-refractivity contribution < 1.29 is 24.5 Å². The Bertz CT molecular complexity index is 298. The zero-order valence-electron chi connectivity index (χ0n) is 11.1. The maximum absolute atomic E-state index is 11.3. The molecular weight excluding hydrogens is 236 g/mol. The highest BCUT2D eigenvalue weighted by atomic mass is 16.6. The first-order chi connectivity index (χ1) is 8.54. The number of hydrogen-bond donors (Lipinski definition) is 2. The summed E-state index contributed by atoms with van der Waals surface area (Å²) in [5.74, 6) is -0.253. The van der Waals surface area contributed by atoms with Gasteiger partial charge in [-0.15, -0.1) is 0 Å². The van der Waals surface area contributed by atoms with Gasteiger partial charge >= 0.3 is 5.97 Å². The maximum Gasteiger partial charge on any atom is 0.338 e. The van der Waals surface area contributed by atoms with Crippen molar-refractivity contribution in [3.63, 3.8) is 0 Å². The molecule has 1 heterocycles. The second-order valence-electron chi connectivity index (χ2n) is 4.50. The minimum absolute atomic E-state index is 0.382. The smallest absolute Gasteiger partial charge is 0.338 e. The number of esters is 1. The molecule has 0 unspecified atom stereocenters. The minimum Gasteiger partial charge on any atom is -0.454 e. The molecule has 5 nitrogen and oxygen atoms in total. The summed E-state index contributed by atoms with van der Waals surface area (Å²) < 4.78 is 9.75. The van der Waals surface area contributed by atoms with Gasteiger partial charge in [0.15, 0.2) is 12.2 Å². The lowest BCUT2D eigenvalue weighted by Gasteiger charge is -2.18. The first kappa shape index (κ1) is 15.1. The molecule has 1 fully saturated rings. The summed E-state index contributed by atoms with van der Waals surface area (Å²) in [4.78, 5) is 11.3. The Labute approximate surface area is 107 Å². The number of hydrogen-bond acceptors (Lipinski definition) is 5. The molecule has 0 amide bonds. The molecule has 104 valence electrons. The summed E-state index contributed by atoms with van der Waals surface area (Å²) in [6, 6.07) is 0. The van der Waals surface area contributed by atoms with E-state index in [-0.39, 0.29) is 0 Å². The zero-order valence-corrected chi connectivity index (χ0v) is 11.1. The predicted molar refractivity (Wildman–Crippen MR) is 65.9 cm³/mol. The van der Waals surface area contributed by atoms with E-state index in [1.54, 1.807) is 6.08 Å². The van der Waals surface area contributed by atoms with Gasteiger partial charge in [-0.05, 0) is 18.8 Å². The molecule has 1 saturated heterocycles. The standard InChI is InChI=1S/C13H22O5/c1-4-8(5-2)6-7-9(14)11-10(15)12(17-3)13(16)18-11/h6-12,14-15H,4-5H2,1-3H3/t9-,10-,11+,12-/m1/s1. The molecule has 0 radical (unpaired) electrons. The van der Waals surface area contributed by atoms with Gasteiger partial charge in [0, 0.05) is 7.11 Å². The Hall–Kier alpha value is -0.910. The molecule has 4 atom stereocenters. The molecule has 0 aromatic carbocycles. The summed E-state index contributed by atoms with van der Waals surface area (Å²) in [5, 5.41) is 19.7. The fourth-order valence-corrected chi connectivity index (χ4v) is 2.03. The average Bonchev–Trinajstić information content (AvgIpc) is 2.65. The Kier molecular flexibility index (Phi) is 5.78. The molecule has 2 N–H and O–H groups in total. The van der Waals surface area contributed by atoms with E-state index in [1.807, 2.05) is 6.08 Å². The minimum atomic E-state index is -1.14. The number of ether oxygens (including phenoxy) is 2.